The molecule has 11 heteroatoms. The van der Waals surface area contributed by atoms with Gasteiger partial charge in [0.1, 0.15) is 0 Å². The average Bonchev–Trinajstić information content (AvgIpc) is 2.87. The van der Waals surface area contributed by atoms with Crippen LogP contribution in [0.1, 0.15) is 11.1 Å². The fourth-order valence-electron chi connectivity index (χ4n) is 3.48. The lowest BCUT2D eigenvalue weighted by Gasteiger charge is -2.16. The van der Waals surface area contributed by atoms with E-state index in [1.54, 1.807) is 60.7 Å². The summed E-state index contributed by atoms with van der Waals surface area (Å²) in [7, 11) is -7.80. The smallest absolute Gasteiger partial charge is 0.306 e. The Labute approximate surface area is 222 Å². The number of sulfonamides is 2. The molecule has 0 fully saturated rings. The Balaban J connectivity index is 1.51. The molecule has 0 saturated heterocycles. The van der Waals surface area contributed by atoms with Crippen molar-refractivity contribution in [2.45, 2.75) is 23.6 Å². The number of rotatable bonds is 8. The van der Waals surface area contributed by atoms with Crippen LogP contribution in [0.4, 0.5) is 27.5 Å². The third-order valence-corrected chi connectivity index (χ3v) is 8.26. The molecule has 4 N–H and O–H groups in total. The van der Waals surface area contributed by atoms with Crippen molar-refractivity contribution in [2.75, 3.05) is 20.1 Å². The second-order valence-corrected chi connectivity index (χ2v) is 11.9. The Hall–Kier alpha value is -4.35. The predicted octanol–water partition coefficient (Wildman–Crippen LogP) is 5.55. The molecule has 0 aliphatic heterocycles. The third kappa shape index (κ3) is 6.50. The van der Waals surface area contributed by atoms with E-state index in [2.05, 4.69) is 20.1 Å². The minimum absolute atomic E-state index is 0.0807. The van der Waals surface area contributed by atoms with Gasteiger partial charge in [-0.15, -0.1) is 0 Å². The second kappa shape index (κ2) is 11.0. The molecule has 0 atom stereocenters. The highest BCUT2D eigenvalue weighted by atomic mass is 32.2. The van der Waals surface area contributed by atoms with Crippen molar-refractivity contribution in [3.05, 3.63) is 108 Å². The van der Waals surface area contributed by atoms with Crippen LogP contribution >= 0.6 is 0 Å². The van der Waals surface area contributed by atoms with Gasteiger partial charge in [0.25, 0.3) is 20.0 Å². The van der Waals surface area contributed by atoms with Crippen molar-refractivity contribution in [3.8, 4) is 0 Å². The monoisotopic (exact) mass is 550 g/mol. The van der Waals surface area contributed by atoms with Gasteiger partial charge in [0.05, 0.1) is 32.5 Å². The van der Waals surface area contributed by atoms with E-state index in [0.717, 1.165) is 11.1 Å². The number of aryl methyl sites for hydroxylation is 2. The van der Waals surface area contributed by atoms with Crippen molar-refractivity contribution >= 4 is 48.8 Å². The van der Waals surface area contributed by atoms with Gasteiger partial charge in [-0.05, 0) is 62.4 Å². The van der Waals surface area contributed by atoms with Crippen molar-refractivity contribution in [1.29, 1.82) is 0 Å². The van der Waals surface area contributed by atoms with Crippen LogP contribution in [0.25, 0.3) is 0 Å². The lowest BCUT2D eigenvalue weighted by atomic mass is 10.2. The minimum atomic E-state index is -3.90. The van der Waals surface area contributed by atoms with Gasteiger partial charge < -0.3 is 10.6 Å². The van der Waals surface area contributed by atoms with Gasteiger partial charge >= 0.3 is 6.03 Å². The van der Waals surface area contributed by atoms with Crippen molar-refractivity contribution in [1.82, 2.24) is 0 Å². The van der Waals surface area contributed by atoms with Crippen molar-refractivity contribution < 1.29 is 21.6 Å². The number of urea groups is 1. The molecule has 38 heavy (non-hydrogen) atoms. The first kappa shape index (κ1) is 26.7. The van der Waals surface area contributed by atoms with Crippen LogP contribution in [0.3, 0.4) is 0 Å². The quantitative estimate of drug-likeness (QED) is 0.228. The summed E-state index contributed by atoms with van der Waals surface area (Å²) in [6.07, 6.45) is 0. The van der Waals surface area contributed by atoms with Gasteiger partial charge in [-0.25, -0.2) is 21.6 Å². The maximum atomic E-state index is 12.9. The highest BCUT2D eigenvalue weighted by Crippen LogP contribution is 2.27. The highest BCUT2D eigenvalue weighted by molar-refractivity contribution is 7.93. The summed E-state index contributed by atoms with van der Waals surface area (Å²) in [4.78, 5) is 13.0. The van der Waals surface area contributed by atoms with Crippen LogP contribution in [0.15, 0.2) is 107 Å². The summed E-state index contributed by atoms with van der Waals surface area (Å²) >= 11 is 0. The highest BCUT2D eigenvalue weighted by Gasteiger charge is 2.19. The van der Waals surface area contributed by atoms with E-state index in [1.165, 1.54) is 36.4 Å². The lowest BCUT2D eigenvalue weighted by Crippen LogP contribution is -2.22. The molecule has 4 aromatic rings. The fraction of sp³-hybridized carbons (Fsp3) is 0.0741. The molecule has 0 unspecified atom stereocenters. The minimum Gasteiger partial charge on any atom is -0.306 e. The summed E-state index contributed by atoms with van der Waals surface area (Å²) in [5, 5.41) is 5.23. The molecule has 0 saturated carbocycles. The largest absolute Gasteiger partial charge is 0.323 e. The molecule has 0 aliphatic rings. The Bertz CT molecular complexity index is 1540. The van der Waals surface area contributed by atoms with E-state index >= 15 is 0 Å². The number of carbonyl (C=O) groups is 1. The molecule has 196 valence electrons. The maximum Gasteiger partial charge on any atom is 0.323 e. The molecule has 0 aromatic heterocycles. The zero-order chi connectivity index (χ0) is 27.3. The summed E-state index contributed by atoms with van der Waals surface area (Å²) in [6.45, 7) is 3.71. The summed E-state index contributed by atoms with van der Waals surface area (Å²) in [5.74, 6) is 0. The molecular weight excluding hydrogens is 524 g/mol. The topological polar surface area (TPSA) is 133 Å². The van der Waals surface area contributed by atoms with E-state index in [-0.39, 0.29) is 32.5 Å². The number of carbonyl (C=O) groups excluding carboxylic acids is 1. The number of anilines is 4. The average molecular weight is 551 g/mol. The van der Waals surface area contributed by atoms with Crippen LogP contribution in [0.5, 0.6) is 0 Å². The first-order valence-electron chi connectivity index (χ1n) is 11.5. The van der Waals surface area contributed by atoms with Gasteiger partial charge in [-0.1, -0.05) is 59.7 Å². The van der Waals surface area contributed by atoms with Crippen LogP contribution < -0.4 is 20.1 Å². The van der Waals surface area contributed by atoms with Crippen LogP contribution in [0, 0.1) is 13.8 Å². The molecule has 0 heterocycles. The molecule has 2 amide bonds. The van der Waals surface area contributed by atoms with Gasteiger partial charge in [-0.3, -0.25) is 9.44 Å². The van der Waals surface area contributed by atoms with E-state index in [0.29, 0.717) is 0 Å². The molecule has 0 bridgehead atoms. The van der Waals surface area contributed by atoms with Gasteiger partial charge in [0, 0.05) is 0 Å². The molecule has 0 spiro atoms. The molecule has 4 rings (SSSR count). The van der Waals surface area contributed by atoms with Crippen molar-refractivity contribution in [3.63, 3.8) is 0 Å². The Kier molecular flexibility index (Phi) is 7.70. The first-order valence-corrected chi connectivity index (χ1v) is 14.5. The summed E-state index contributed by atoms with van der Waals surface area (Å²) in [6, 6.07) is 24.7. The predicted molar refractivity (Wildman–Crippen MR) is 150 cm³/mol. The zero-order valence-electron chi connectivity index (χ0n) is 20.6. The molecule has 9 nitrogen and oxygen atoms in total. The lowest BCUT2D eigenvalue weighted by molar-refractivity contribution is 0.262. The van der Waals surface area contributed by atoms with Gasteiger partial charge in [-0.2, -0.15) is 0 Å². The number of hydrogen-bond acceptors (Lipinski definition) is 5. The molecular formula is C27H26N4O5S2. The third-order valence-electron chi connectivity index (χ3n) is 5.50. The Morgan fingerprint density at radius 1 is 0.500 bits per heavy atom. The summed E-state index contributed by atoms with van der Waals surface area (Å²) in [5.41, 5.74) is 2.58. The molecule has 0 aliphatic carbocycles. The molecule has 4 aromatic carbocycles. The normalized spacial score (nSPS) is 11.4. The van der Waals surface area contributed by atoms with Crippen LogP contribution in [-0.4, -0.2) is 22.9 Å². The number of para-hydroxylation sites is 4. The first-order chi connectivity index (χ1) is 18.0. The standard InChI is InChI=1S/C27H26N4O5S2/c1-19-11-15-21(16-12-19)37(33,34)30-25-9-5-3-7-23(25)28-27(32)29-24-8-4-6-10-26(24)31-38(35,36)22-17-13-20(2)14-18-22/h3-18,30-31H,1-2H3,(H2,28,29,32). The zero-order valence-corrected chi connectivity index (χ0v) is 22.2. The Morgan fingerprint density at radius 3 is 1.16 bits per heavy atom. The number of nitrogens with one attached hydrogen (secondary N) is 4. The Morgan fingerprint density at radius 2 is 0.816 bits per heavy atom. The fourth-order valence-corrected chi connectivity index (χ4v) is 5.64. The van der Waals surface area contributed by atoms with E-state index in [1.807, 2.05) is 13.8 Å². The number of hydrogen-bond donors (Lipinski definition) is 4. The van der Waals surface area contributed by atoms with Gasteiger partial charge in [0.2, 0.25) is 0 Å². The van der Waals surface area contributed by atoms with Crippen molar-refractivity contribution in [2.24, 2.45) is 0 Å². The SMILES string of the molecule is Cc1ccc(S(=O)(=O)Nc2ccccc2NC(=O)Nc2ccccc2NS(=O)(=O)c2ccc(C)cc2)cc1. The molecule has 0 radical (unpaired) electrons. The number of amides is 2. The summed E-state index contributed by atoms with van der Waals surface area (Å²) < 4.78 is 56.4. The van der Waals surface area contributed by atoms with Gasteiger partial charge in [0.15, 0.2) is 0 Å². The van der Waals surface area contributed by atoms with Crippen LogP contribution in [-0.2, 0) is 20.0 Å². The number of benzene rings is 4. The second-order valence-electron chi connectivity index (χ2n) is 8.51. The van der Waals surface area contributed by atoms with E-state index in [4.69, 9.17) is 0 Å². The maximum absolute atomic E-state index is 12.9. The van der Waals surface area contributed by atoms with E-state index < -0.39 is 26.1 Å². The van der Waals surface area contributed by atoms with E-state index in [9.17, 15) is 21.6 Å². The van der Waals surface area contributed by atoms with Crippen LogP contribution in [0.2, 0.25) is 0 Å².